The molecule has 1 amide bonds. The van der Waals surface area contributed by atoms with Gasteiger partial charge in [-0.3, -0.25) is 4.79 Å². The van der Waals surface area contributed by atoms with Crippen molar-refractivity contribution in [2.45, 2.75) is 0 Å². The zero-order valence-electron chi connectivity index (χ0n) is 16.6. The molecule has 1 N–H and O–H groups in total. The summed E-state index contributed by atoms with van der Waals surface area (Å²) in [6.45, 7) is 0.244. The van der Waals surface area contributed by atoms with Crippen LogP contribution in [0.4, 0.5) is 5.69 Å². The van der Waals surface area contributed by atoms with Crippen LogP contribution in [0.15, 0.2) is 72.8 Å². The number of rotatable bonds is 7. The first kappa shape index (κ1) is 24.6. The van der Waals surface area contributed by atoms with Crippen molar-refractivity contribution in [3.05, 3.63) is 99.5 Å². The summed E-state index contributed by atoms with van der Waals surface area (Å²) in [5, 5.41) is 14.6. The molecule has 8 heteroatoms. The molecule has 3 aromatic rings. The number of hydrogen-bond acceptors (Lipinski definition) is 4. The van der Waals surface area contributed by atoms with Crippen molar-refractivity contribution in [2.24, 2.45) is 0 Å². The quantitative estimate of drug-likeness (QED) is 0.559. The summed E-state index contributed by atoms with van der Waals surface area (Å²) in [6.07, 6.45) is 3.70. The molecule has 0 heterocycles. The summed E-state index contributed by atoms with van der Waals surface area (Å²) in [7, 11) is 0. The Hall–Kier alpha value is -2.68. The van der Waals surface area contributed by atoms with Crippen LogP contribution in [-0.4, -0.2) is 18.5 Å². The van der Waals surface area contributed by atoms with Gasteiger partial charge in [0.1, 0.15) is 12.4 Å². The fourth-order valence-electron chi connectivity index (χ4n) is 2.65. The molecule has 0 aliphatic heterocycles. The van der Waals surface area contributed by atoms with Gasteiger partial charge in [0.15, 0.2) is 0 Å². The minimum Gasteiger partial charge on any atom is -0.545 e. The normalized spacial score (nSPS) is 10.4. The molecular weight excluding hydrogens is 432 g/mol. The Kier molecular flexibility index (Phi) is 9.23. The number of nitrogens with one attached hydrogen (secondary N) is 1. The zero-order chi connectivity index (χ0) is 21.5. The summed E-state index contributed by atoms with van der Waals surface area (Å²) >= 11 is 11.9. The van der Waals surface area contributed by atoms with Crippen molar-refractivity contribution in [1.29, 1.82) is 0 Å². The van der Waals surface area contributed by atoms with Crippen LogP contribution in [0, 0.1) is 0 Å². The Morgan fingerprint density at radius 1 is 0.968 bits per heavy atom. The van der Waals surface area contributed by atoms with Crippen LogP contribution in [0.3, 0.4) is 0 Å². The summed E-state index contributed by atoms with van der Waals surface area (Å²) in [5.41, 5.74) is 1.04. The van der Waals surface area contributed by atoms with Crippen LogP contribution in [-0.2, 0) is 0 Å². The summed E-state index contributed by atoms with van der Waals surface area (Å²) < 4.78 is 5.57. The van der Waals surface area contributed by atoms with Gasteiger partial charge >= 0.3 is 18.9 Å². The largest absolute Gasteiger partial charge is 1.00 e. The number of halogens is 2. The number of ether oxygens (including phenoxy) is 1. The van der Waals surface area contributed by atoms with Crippen LogP contribution < -0.4 is 34.0 Å². The van der Waals surface area contributed by atoms with Gasteiger partial charge < -0.3 is 20.0 Å². The Morgan fingerprint density at radius 2 is 1.71 bits per heavy atom. The van der Waals surface area contributed by atoms with Crippen molar-refractivity contribution in [1.82, 2.24) is 0 Å². The van der Waals surface area contributed by atoms with Crippen LogP contribution in [0.5, 0.6) is 5.75 Å². The molecule has 0 aromatic heterocycles. The van der Waals surface area contributed by atoms with E-state index in [2.05, 4.69) is 5.32 Å². The predicted molar refractivity (Wildman–Crippen MR) is 116 cm³/mol. The summed E-state index contributed by atoms with van der Waals surface area (Å²) in [6, 6.07) is 18.4. The first-order valence-corrected chi connectivity index (χ1v) is 9.66. The number of hydrogen-bond donors (Lipinski definition) is 1. The van der Waals surface area contributed by atoms with Crippen LogP contribution in [0.1, 0.15) is 26.3 Å². The van der Waals surface area contributed by atoms with E-state index in [1.165, 1.54) is 30.3 Å². The first-order chi connectivity index (χ1) is 14.4. The van der Waals surface area contributed by atoms with Crippen molar-refractivity contribution in [3.8, 4) is 5.75 Å². The summed E-state index contributed by atoms with van der Waals surface area (Å²) in [4.78, 5) is 24.0. The maximum absolute atomic E-state index is 12.5. The fraction of sp³-hybridized carbons (Fsp3) is 0.0435. The van der Waals surface area contributed by atoms with E-state index >= 15 is 0 Å². The minimum absolute atomic E-state index is 0. The van der Waals surface area contributed by atoms with Gasteiger partial charge in [-0.25, -0.2) is 0 Å². The smallest absolute Gasteiger partial charge is 0.545 e. The maximum atomic E-state index is 12.5. The van der Waals surface area contributed by atoms with Gasteiger partial charge in [0.05, 0.1) is 22.2 Å². The number of aromatic carboxylic acids is 1. The van der Waals surface area contributed by atoms with Gasteiger partial charge in [0.2, 0.25) is 0 Å². The van der Waals surface area contributed by atoms with E-state index in [-0.39, 0.29) is 47.3 Å². The van der Waals surface area contributed by atoms with Gasteiger partial charge in [-0.05, 0) is 48.0 Å². The van der Waals surface area contributed by atoms with E-state index in [1.54, 1.807) is 6.07 Å². The van der Waals surface area contributed by atoms with E-state index < -0.39 is 11.9 Å². The molecule has 0 aliphatic carbocycles. The molecule has 0 saturated carbocycles. The van der Waals surface area contributed by atoms with Crippen molar-refractivity contribution < 1.29 is 38.3 Å². The Morgan fingerprint density at radius 3 is 2.39 bits per heavy atom. The van der Waals surface area contributed by atoms with E-state index in [4.69, 9.17) is 27.9 Å². The van der Waals surface area contributed by atoms with Crippen LogP contribution >= 0.6 is 23.2 Å². The first-order valence-electron chi connectivity index (χ1n) is 8.90. The van der Waals surface area contributed by atoms with Gasteiger partial charge in [-0.1, -0.05) is 59.6 Å². The number of anilines is 1. The van der Waals surface area contributed by atoms with Crippen LogP contribution in [0.2, 0.25) is 10.0 Å². The number of carbonyl (C=O) groups is 2. The minimum atomic E-state index is -1.45. The molecule has 0 spiro atoms. The third kappa shape index (κ3) is 6.92. The monoisotopic (exact) mass is 447 g/mol. The molecule has 3 aromatic carbocycles. The molecule has 0 unspecified atom stereocenters. The Labute approximate surface area is 201 Å². The molecule has 31 heavy (non-hydrogen) atoms. The average molecular weight is 448 g/mol. The number of carboxylic acids is 1. The molecule has 0 aliphatic rings. The van der Waals surface area contributed by atoms with Gasteiger partial charge in [0, 0.05) is 10.6 Å². The topological polar surface area (TPSA) is 78.5 Å². The molecule has 0 saturated heterocycles. The standard InChI is InChI=1S/C23H17Cl2NO4.Li/c24-16-8-10-18(20(25)13-16)22(27)26-21-11-9-17(14-19(21)23(28)29)30-12-4-7-15-5-2-1-3-6-15;/h1-11,13-14H,12H2,(H,26,27)(H,28,29);/q;+1/p-1/b7-4+;. The van der Waals surface area contributed by atoms with Gasteiger partial charge in [0.25, 0.3) is 5.91 Å². The second-order valence-corrected chi connectivity index (χ2v) is 7.04. The number of carboxylic acid groups (broad SMARTS) is 1. The SMILES string of the molecule is O=C(Nc1ccc(OC/C=C/c2ccccc2)cc1C(=O)[O-])c1ccc(Cl)cc1Cl.[Li+]. The van der Waals surface area contributed by atoms with E-state index in [1.807, 2.05) is 42.5 Å². The van der Waals surface area contributed by atoms with Crippen molar-refractivity contribution in [3.63, 3.8) is 0 Å². The molecule has 0 bridgehead atoms. The number of amides is 1. The Balaban J connectivity index is 0.00000341. The number of carbonyl (C=O) groups excluding carboxylic acids is 2. The molecule has 0 radical (unpaired) electrons. The third-order valence-electron chi connectivity index (χ3n) is 4.09. The molecule has 3 rings (SSSR count). The molecule has 0 atom stereocenters. The van der Waals surface area contributed by atoms with E-state index in [0.717, 1.165) is 5.56 Å². The second-order valence-electron chi connectivity index (χ2n) is 6.20. The summed E-state index contributed by atoms with van der Waals surface area (Å²) in [5.74, 6) is -1.69. The average Bonchev–Trinajstić information content (AvgIpc) is 2.72. The van der Waals surface area contributed by atoms with Crippen LogP contribution in [0.25, 0.3) is 6.08 Å². The van der Waals surface area contributed by atoms with E-state index in [9.17, 15) is 14.7 Å². The van der Waals surface area contributed by atoms with Gasteiger partial charge in [-0.15, -0.1) is 0 Å². The molecule has 0 fully saturated rings. The Bertz CT molecular complexity index is 1100. The van der Waals surface area contributed by atoms with E-state index in [0.29, 0.717) is 10.8 Å². The predicted octanol–water partition coefficient (Wildman–Crippen LogP) is 1.71. The molecule has 152 valence electrons. The molecular formula is C23H16Cl2LiNO4. The van der Waals surface area contributed by atoms with Gasteiger partial charge in [-0.2, -0.15) is 0 Å². The zero-order valence-corrected chi connectivity index (χ0v) is 18.1. The second kappa shape index (κ2) is 11.6. The number of benzene rings is 3. The third-order valence-corrected chi connectivity index (χ3v) is 4.64. The fourth-order valence-corrected chi connectivity index (χ4v) is 3.14. The van der Waals surface area contributed by atoms with Crippen molar-refractivity contribution in [2.75, 3.05) is 11.9 Å². The maximum Gasteiger partial charge on any atom is 1.00 e. The molecule has 5 nitrogen and oxygen atoms in total. The van der Waals surface area contributed by atoms with Crippen molar-refractivity contribution >= 4 is 46.8 Å².